The standard InChI is InChI=1S/C21H16BrN3S2/c1-15-7-9-18(10-8-15)24-21-25(23-13-19-6-3-11-26-19)20(14-27-21)16-4-2-5-17(22)12-16/h2-14H,1H3/b23-13+,24-21?. The lowest BCUT2D eigenvalue weighted by Gasteiger charge is -2.04. The third kappa shape index (κ3) is 4.35. The molecular formula is C21H16BrN3S2. The molecule has 3 nitrogen and oxygen atoms in total. The fourth-order valence-corrected chi connectivity index (χ4v) is 4.38. The molecule has 0 aliphatic rings. The largest absolute Gasteiger partial charge is 0.220 e. The van der Waals surface area contributed by atoms with E-state index in [2.05, 4.69) is 58.6 Å². The highest BCUT2D eigenvalue weighted by Crippen LogP contribution is 2.24. The second-order valence-electron chi connectivity index (χ2n) is 5.93. The van der Waals surface area contributed by atoms with Crippen LogP contribution in [-0.4, -0.2) is 10.9 Å². The fourth-order valence-electron chi connectivity index (χ4n) is 2.54. The molecular weight excluding hydrogens is 438 g/mol. The first-order valence-corrected chi connectivity index (χ1v) is 10.9. The second-order valence-corrected chi connectivity index (χ2v) is 8.66. The minimum absolute atomic E-state index is 0.835. The van der Waals surface area contributed by atoms with E-state index >= 15 is 0 Å². The quantitative estimate of drug-likeness (QED) is 0.317. The molecule has 2 heterocycles. The Bertz CT molecular complexity index is 1140. The summed E-state index contributed by atoms with van der Waals surface area (Å²) in [5.74, 6) is 0. The lowest BCUT2D eigenvalue weighted by Crippen LogP contribution is -2.11. The van der Waals surface area contributed by atoms with Gasteiger partial charge in [0, 0.05) is 20.3 Å². The van der Waals surface area contributed by atoms with Crippen molar-refractivity contribution in [2.75, 3.05) is 0 Å². The van der Waals surface area contributed by atoms with Crippen molar-refractivity contribution in [1.82, 2.24) is 4.68 Å². The molecule has 0 aliphatic carbocycles. The fraction of sp³-hybridized carbons (Fsp3) is 0.0476. The van der Waals surface area contributed by atoms with Crippen LogP contribution in [0.2, 0.25) is 0 Å². The van der Waals surface area contributed by atoms with Gasteiger partial charge >= 0.3 is 0 Å². The molecule has 0 bridgehead atoms. The highest BCUT2D eigenvalue weighted by molar-refractivity contribution is 9.10. The second kappa shape index (κ2) is 8.17. The van der Waals surface area contributed by atoms with Gasteiger partial charge in [0.1, 0.15) is 0 Å². The number of thiophene rings is 1. The number of benzene rings is 2. The Morgan fingerprint density at radius 1 is 1.00 bits per heavy atom. The maximum atomic E-state index is 4.81. The minimum atomic E-state index is 0.835. The molecule has 134 valence electrons. The molecule has 2 aromatic heterocycles. The van der Waals surface area contributed by atoms with Crippen LogP contribution in [0.1, 0.15) is 10.4 Å². The van der Waals surface area contributed by atoms with E-state index in [0.717, 1.165) is 31.1 Å². The van der Waals surface area contributed by atoms with Crippen molar-refractivity contribution in [3.05, 3.63) is 91.1 Å². The summed E-state index contributed by atoms with van der Waals surface area (Å²) in [5.41, 5.74) is 4.25. The number of hydrogen-bond donors (Lipinski definition) is 0. The van der Waals surface area contributed by atoms with Crippen molar-refractivity contribution in [1.29, 1.82) is 0 Å². The van der Waals surface area contributed by atoms with Crippen molar-refractivity contribution < 1.29 is 0 Å². The molecule has 4 rings (SSSR count). The van der Waals surface area contributed by atoms with Crippen LogP contribution in [0, 0.1) is 6.92 Å². The van der Waals surface area contributed by atoms with Crippen molar-refractivity contribution in [2.24, 2.45) is 10.1 Å². The minimum Gasteiger partial charge on any atom is -0.220 e. The number of hydrogen-bond acceptors (Lipinski definition) is 4. The smallest absolute Gasteiger partial charge is 0.211 e. The van der Waals surface area contributed by atoms with Crippen LogP contribution in [0.5, 0.6) is 0 Å². The normalized spacial score (nSPS) is 12.1. The van der Waals surface area contributed by atoms with Gasteiger partial charge in [0.25, 0.3) is 0 Å². The van der Waals surface area contributed by atoms with Crippen LogP contribution in [0.15, 0.2) is 86.0 Å². The van der Waals surface area contributed by atoms with E-state index in [9.17, 15) is 0 Å². The van der Waals surface area contributed by atoms with Crippen molar-refractivity contribution in [3.63, 3.8) is 0 Å². The van der Waals surface area contributed by atoms with Gasteiger partial charge in [-0.15, -0.1) is 22.7 Å². The van der Waals surface area contributed by atoms with Gasteiger partial charge in [0.05, 0.1) is 17.6 Å². The molecule has 0 fully saturated rings. The third-order valence-electron chi connectivity index (χ3n) is 3.91. The Labute approximate surface area is 174 Å². The summed E-state index contributed by atoms with van der Waals surface area (Å²) in [6, 6.07) is 20.5. The lowest BCUT2D eigenvalue weighted by molar-refractivity contribution is 0.855. The maximum Gasteiger partial charge on any atom is 0.211 e. The van der Waals surface area contributed by atoms with Crippen LogP contribution in [-0.2, 0) is 0 Å². The van der Waals surface area contributed by atoms with Gasteiger partial charge in [0.2, 0.25) is 4.80 Å². The van der Waals surface area contributed by atoms with E-state index in [1.165, 1.54) is 5.56 Å². The molecule has 27 heavy (non-hydrogen) atoms. The highest BCUT2D eigenvalue weighted by Gasteiger charge is 2.08. The first kappa shape index (κ1) is 18.1. The van der Waals surface area contributed by atoms with E-state index < -0.39 is 0 Å². The van der Waals surface area contributed by atoms with E-state index in [1.807, 2.05) is 46.6 Å². The zero-order valence-electron chi connectivity index (χ0n) is 14.5. The number of nitrogens with zero attached hydrogens (tertiary/aromatic N) is 3. The molecule has 0 radical (unpaired) electrons. The maximum absolute atomic E-state index is 4.81. The van der Waals surface area contributed by atoms with Gasteiger partial charge in [-0.05, 0) is 42.6 Å². The van der Waals surface area contributed by atoms with Crippen molar-refractivity contribution in [2.45, 2.75) is 6.92 Å². The summed E-state index contributed by atoms with van der Waals surface area (Å²) in [4.78, 5) is 6.75. The van der Waals surface area contributed by atoms with Crippen LogP contribution in [0.4, 0.5) is 5.69 Å². The zero-order valence-corrected chi connectivity index (χ0v) is 17.8. The molecule has 2 aromatic carbocycles. The molecule has 0 aliphatic heterocycles. The number of rotatable bonds is 4. The molecule has 4 aromatic rings. The van der Waals surface area contributed by atoms with Gasteiger partial charge in [-0.25, -0.2) is 9.67 Å². The summed E-state index contributed by atoms with van der Waals surface area (Å²) in [7, 11) is 0. The van der Waals surface area contributed by atoms with Gasteiger partial charge in [-0.1, -0.05) is 51.8 Å². The summed E-state index contributed by atoms with van der Waals surface area (Å²) in [6.45, 7) is 2.08. The van der Waals surface area contributed by atoms with Crippen LogP contribution in [0.3, 0.4) is 0 Å². The number of aryl methyl sites for hydroxylation is 1. The Hall–Kier alpha value is -2.28. The summed E-state index contributed by atoms with van der Waals surface area (Å²) in [6.07, 6.45) is 1.88. The molecule has 6 heteroatoms. The number of halogens is 1. The predicted molar refractivity (Wildman–Crippen MR) is 119 cm³/mol. The zero-order chi connectivity index (χ0) is 18.6. The summed E-state index contributed by atoms with van der Waals surface area (Å²) >= 11 is 6.80. The first-order valence-electron chi connectivity index (χ1n) is 8.35. The van der Waals surface area contributed by atoms with Gasteiger partial charge in [0.15, 0.2) is 0 Å². The van der Waals surface area contributed by atoms with E-state index in [1.54, 1.807) is 22.7 Å². The topological polar surface area (TPSA) is 29.6 Å². The van der Waals surface area contributed by atoms with Gasteiger partial charge < -0.3 is 0 Å². The van der Waals surface area contributed by atoms with Gasteiger partial charge in [-0.2, -0.15) is 5.10 Å². The Morgan fingerprint density at radius 3 is 2.59 bits per heavy atom. The SMILES string of the molecule is Cc1ccc(N=c2scc(-c3cccc(Br)c3)n2/N=C/c2cccs2)cc1. The monoisotopic (exact) mass is 453 g/mol. The van der Waals surface area contributed by atoms with Crippen molar-refractivity contribution in [3.8, 4) is 11.3 Å². The molecule has 0 atom stereocenters. The Morgan fingerprint density at radius 2 is 1.85 bits per heavy atom. The Kier molecular flexibility index (Phi) is 5.48. The van der Waals surface area contributed by atoms with E-state index in [0.29, 0.717) is 0 Å². The van der Waals surface area contributed by atoms with E-state index in [-0.39, 0.29) is 0 Å². The highest BCUT2D eigenvalue weighted by atomic mass is 79.9. The molecule has 0 unspecified atom stereocenters. The van der Waals surface area contributed by atoms with Gasteiger partial charge in [-0.3, -0.25) is 0 Å². The average Bonchev–Trinajstić information content (AvgIpc) is 3.32. The number of aromatic nitrogens is 1. The summed E-state index contributed by atoms with van der Waals surface area (Å²) < 4.78 is 2.95. The molecule has 0 saturated carbocycles. The summed E-state index contributed by atoms with van der Waals surface area (Å²) in [5, 5.41) is 8.88. The van der Waals surface area contributed by atoms with Crippen LogP contribution < -0.4 is 4.80 Å². The van der Waals surface area contributed by atoms with Crippen molar-refractivity contribution >= 4 is 50.5 Å². The predicted octanol–water partition coefficient (Wildman–Crippen LogP) is 6.46. The van der Waals surface area contributed by atoms with Crippen LogP contribution >= 0.6 is 38.6 Å². The third-order valence-corrected chi connectivity index (χ3v) is 6.02. The van der Waals surface area contributed by atoms with Crippen LogP contribution in [0.25, 0.3) is 11.3 Å². The number of thiazole rings is 1. The van der Waals surface area contributed by atoms with E-state index in [4.69, 9.17) is 10.1 Å². The first-order chi connectivity index (χ1) is 13.2. The molecule has 0 N–H and O–H groups in total. The lowest BCUT2D eigenvalue weighted by atomic mass is 10.2. The molecule has 0 amide bonds. The molecule has 0 saturated heterocycles. The average molecular weight is 454 g/mol. The Balaban J connectivity index is 1.85. The molecule has 0 spiro atoms.